The highest BCUT2D eigenvalue weighted by atomic mass is 35.5. The van der Waals surface area contributed by atoms with Gasteiger partial charge in [-0.15, -0.1) is 11.3 Å². The van der Waals surface area contributed by atoms with E-state index in [0.717, 1.165) is 15.0 Å². The minimum Gasteiger partial charge on any atom is -0.493 e. The molecule has 0 radical (unpaired) electrons. The van der Waals surface area contributed by atoms with Crippen molar-refractivity contribution in [3.05, 3.63) is 51.7 Å². The molecule has 1 N–H and O–H groups in total. The molecule has 1 aromatic carbocycles. The summed E-state index contributed by atoms with van der Waals surface area (Å²) in [6.45, 7) is 0.518. The van der Waals surface area contributed by atoms with Crippen molar-refractivity contribution < 1.29 is 9.84 Å². The molecule has 2 rings (SSSR count). The number of hydrogen-bond donors (Lipinski definition) is 1. The van der Waals surface area contributed by atoms with Crippen molar-refractivity contribution in [1.82, 2.24) is 0 Å². The lowest BCUT2D eigenvalue weighted by atomic mass is 10.2. The summed E-state index contributed by atoms with van der Waals surface area (Å²) in [5.74, 6) is 0.837. The zero-order valence-corrected chi connectivity index (χ0v) is 11.5. The fourth-order valence-electron chi connectivity index (χ4n) is 1.63. The van der Waals surface area contributed by atoms with Gasteiger partial charge in [0.05, 0.1) is 17.0 Å². The molecule has 0 aliphatic heterocycles. The molecular weight excluding hydrogens is 268 g/mol. The van der Waals surface area contributed by atoms with E-state index in [4.69, 9.17) is 16.3 Å². The Labute approximate surface area is 116 Å². The smallest absolute Gasteiger partial charge is 0.119 e. The highest BCUT2D eigenvalue weighted by molar-refractivity contribution is 7.16. The van der Waals surface area contributed by atoms with Gasteiger partial charge in [-0.25, -0.2) is 0 Å². The number of aliphatic hydroxyl groups excluding tert-OH is 1. The average Bonchev–Trinajstić information content (AvgIpc) is 2.76. The summed E-state index contributed by atoms with van der Waals surface area (Å²) in [5.41, 5.74) is 0. The lowest BCUT2D eigenvalue weighted by Gasteiger charge is -2.10. The maximum Gasteiger partial charge on any atom is 0.119 e. The first kappa shape index (κ1) is 13.4. The molecule has 96 valence electrons. The van der Waals surface area contributed by atoms with E-state index in [1.165, 1.54) is 11.3 Å². The van der Waals surface area contributed by atoms with Gasteiger partial charge in [0.15, 0.2) is 0 Å². The fraction of sp³-hybridized carbons (Fsp3) is 0.286. The number of hydrogen-bond acceptors (Lipinski definition) is 3. The summed E-state index contributed by atoms with van der Waals surface area (Å²) in [6.07, 6.45) is 0.864. The molecule has 0 saturated heterocycles. The van der Waals surface area contributed by atoms with Crippen LogP contribution in [0, 0.1) is 0 Å². The summed E-state index contributed by atoms with van der Waals surface area (Å²) < 4.78 is 6.30. The van der Waals surface area contributed by atoms with Crippen molar-refractivity contribution in [1.29, 1.82) is 0 Å². The third-order valence-corrected chi connectivity index (χ3v) is 3.78. The summed E-state index contributed by atoms with van der Waals surface area (Å²) in [4.78, 5) is 1.10. The number of benzene rings is 1. The van der Waals surface area contributed by atoms with Crippen molar-refractivity contribution in [2.45, 2.75) is 18.9 Å². The Hall–Kier alpha value is -1.03. The van der Waals surface area contributed by atoms with Crippen LogP contribution in [0.1, 0.15) is 11.3 Å². The van der Waals surface area contributed by atoms with Crippen molar-refractivity contribution in [2.75, 3.05) is 6.61 Å². The van der Waals surface area contributed by atoms with Gasteiger partial charge in [-0.05, 0) is 24.3 Å². The van der Waals surface area contributed by atoms with E-state index in [-0.39, 0.29) is 6.10 Å². The van der Waals surface area contributed by atoms with Crippen LogP contribution in [0.5, 0.6) is 5.75 Å². The predicted octanol–water partition coefficient (Wildman–Crippen LogP) is 3.77. The molecule has 1 atom stereocenters. The Kier molecular flexibility index (Phi) is 5.05. The number of para-hydroxylation sites is 1. The van der Waals surface area contributed by atoms with Crippen molar-refractivity contribution in [3.8, 4) is 5.75 Å². The van der Waals surface area contributed by atoms with Crippen LogP contribution in [-0.4, -0.2) is 17.8 Å². The van der Waals surface area contributed by atoms with Crippen LogP contribution in [-0.2, 0) is 6.42 Å². The molecule has 18 heavy (non-hydrogen) atoms. The van der Waals surface area contributed by atoms with Crippen LogP contribution in [0.2, 0.25) is 4.34 Å². The van der Waals surface area contributed by atoms with Gasteiger partial charge in [0, 0.05) is 17.7 Å². The topological polar surface area (TPSA) is 29.5 Å². The maximum atomic E-state index is 9.87. The molecule has 4 heteroatoms. The molecule has 0 aliphatic rings. The average molecular weight is 283 g/mol. The number of thiophene rings is 1. The quantitative estimate of drug-likeness (QED) is 0.874. The molecule has 1 heterocycles. The van der Waals surface area contributed by atoms with Gasteiger partial charge < -0.3 is 9.84 Å². The van der Waals surface area contributed by atoms with Crippen LogP contribution in [0.3, 0.4) is 0 Å². The van der Waals surface area contributed by atoms with Gasteiger partial charge in [-0.3, -0.25) is 0 Å². The van der Waals surface area contributed by atoms with E-state index in [1.54, 1.807) is 0 Å². The van der Waals surface area contributed by atoms with Gasteiger partial charge >= 0.3 is 0 Å². The first-order chi connectivity index (χ1) is 8.74. The molecule has 2 aromatic rings. The van der Waals surface area contributed by atoms with Crippen LogP contribution in [0.15, 0.2) is 42.5 Å². The summed E-state index contributed by atoms with van der Waals surface area (Å²) in [7, 11) is 0. The molecule has 0 spiro atoms. The maximum absolute atomic E-state index is 9.87. The van der Waals surface area contributed by atoms with Crippen LogP contribution in [0.25, 0.3) is 0 Å². The molecule has 0 aliphatic carbocycles. The first-order valence-electron chi connectivity index (χ1n) is 5.84. The highest BCUT2D eigenvalue weighted by Gasteiger charge is 2.08. The fourth-order valence-corrected chi connectivity index (χ4v) is 2.78. The molecule has 1 aromatic heterocycles. The van der Waals surface area contributed by atoms with Gasteiger partial charge in [-0.2, -0.15) is 0 Å². The molecule has 0 amide bonds. The Morgan fingerprint density at radius 3 is 2.61 bits per heavy atom. The molecule has 0 fully saturated rings. The lowest BCUT2D eigenvalue weighted by Crippen LogP contribution is -2.14. The molecule has 0 bridgehead atoms. The molecule has 2 nitrogen and oxygen atoms in total. The first-order valence-corrected chi connectivity index (χ1v) is 7.03. The second kappa shape index (κ2) is 6.78. The van der Waals surface area contributed by atoms with Gasteiger partial charge in [0.1, 0.15) is 5.75 Å². The second-order valence-electron chi connectivity index (χ2n) is 4.01. The third-order valence-electron chi connectivity index (χ3n) is 2.53. The Balaban J connectivity index is 1.70. The van der Waals surface area contributed by atoms with E-state index in [9.17, 15) is 5.11 Å². The standard InChI is InChI=1S/C14H15ClO2S/c15-14-7-6-13(18-14)10-11(16)8-9-17-12-4-2-1-3-5-12/h1-7,11,16H,8-10H2. The number of halogens is 1. The molecule has 1 unspecified atom stereocenters. The van der Waals surface area contributed by atoms with Gasteiger partial charge in [-0.1, -0.05) is 29.8 Å². The second-order valence-corrected chi connectivity index (χ2v) is 5.81. The normalized spacial score (nSPS) is 12.3. The van der Waals surface area contributed by atoms with E-state index in [2.05, 4.69) is 0 Å². The minimum absolute atomic E-state index is 0.386. The van der Waals surface area contributed by atoms with Gasteiger partial charge in [0.2, 0.25) is 0 Å². The number of rotatable bonds is 6. The third kappa shape index (κ3) is 4.33. The predicted molar refractivity (Wildman–Crippen MR) is 75.6 cm³/mol. The van der Waals surface area contributed by atoms with Crippen molar-refractivity contribution >= 4 is 22.9 Å². The summed E-state index contributed by atoms with van der Waals surface area (Å²) >= 11 is 7.35. The Morgan fingerprint density at radius 2 is 1.94 bits per heavy atom. The zero-order chi connectivity index (χ0) is 12.8. The Bertz CT molecular complexity index is 470. The van der Waals surface area contributed by atoms with Crippen LogP contribution < -0.4 is 4.74 Å². The molecular formula is C14H15ClO2S. The lowest BCUT2D eigenvalue weighted by molar-refractivity contribution is 0.140. The summed E-state index contributed by atoms with van der Waals surface area (Å²) in [6, 6.07) is 13.4. The zero-order valence-electron chi connectivity index (χ0n) is 9.88. The number of aliphatic hydroxyl groups is 1. The minimum atomic E-state index is -0.386. The molecule has 0 saturated carbocycles. The van der Waals surface area contributed by atoms with E-state index >= 15 is 0 Å². The van der Waals surface area contributed by atoms with E-state index < -0.39 is 0 Å². The monoisotopic (exact) mass is 282 g/mol. The summed E-state index contributed by atoms with van der Waals surface area (Å²) in [5, 5.41) is 9.87. The van der Waals surface area contributed by atoms with E-state index in [0.29, 0.717) is 19.4 Å². The highest BCUT2D eigenvalue weighted by Crippen LogP contribution is 2.23. The van der Waals surface area contributed by atoms with Crippen molar-refractivity contribution in [3.63, 3.8) is 0 Å². The van der Waals surface area contributed by atoms with Gasteiger partial charge in [0.25, 0.3) is 0 Å². The van der Waals surface area contributed by atoms with Crippen LogP contribution >= 0.6 is 22.9 Å². The largest absolute Gasteiger partial charge is 0.493 e. The Morgan fingerprint density at radius 1 is 1.17 bits per heavy atom. The van der Waals surface area contributed by atoms with Crippen LogP contribution in [0.4, 0.5) is 0 Å². The SMILES string of the molecule is OC(CCOc1ccccc1)Cc1ccc(Cl)s1. The van der Waals surface area contributed by atoms with E-state index in [1.807, 2.05) is 42.5 Å². The number of ether oxygens (including phenoxy) is 1. The van der Waals surface area contributed by atoms with Crippen molar-refractivity contribution in [2.24, 2.45) is 0 Å².